The maximum absolute atomic E-state index is 12.7. The number of fused-ring (bicyclic) bond motifs is 1. The van der Waals surface area contributed by atoms with Gasteiger partial charge in [-0.25, -0.2) is 0 Å². The van der Waals surface area contributed by atoms with Crippen molar-refractivity contribution in [3.8, 4) is 11.1 Å². The molecule has 0 aliphatic carbocycles. The first-order valence-corrected chi connectivity index (χ1v) is 7.43. The average Bonchev–Trinajstić information content (AvgIpc) is 3.03. The van der Waals surface area contributed by atoms with Crippen molar-refractivity contribution in [2.75, 3.05) is 0 Å². The van der Waals surface area contributed by atoms with Crippen molar-refractivity contribution in [1.82, 2.24) is 9.55 Å². The lowest BCUT2D eigenvalue weighted by Crippen LogP contribution is -2.26. The van der Waals surface area contributed by atoms with Crippen LogP contribution in [0.5, 0.6) is 0 Å². The van der Waals surface area contributed by atoms with E-state index in [-0.39, 0.29) is 17.5 Å². The third kappa shape index (κ3) is 3.07. The number of esters is 1. The molecule has 2 N–H and O–H groups in total. The molecule has 0 aromatic carbocycles. The Kier molecular flexibility index (Phi) is 4.18. The molecule has 0 fully saturated rings. The third-order valence-corrected chi connectivity index (χ3v) is 3.51. The zero-order valence-corrected chi connectivity index (χ0v) is 13.4. The molecule has 24 heavy (non-hydrogen) atoms. The Morgan fingerprint density at radius 2 is 2.29 bits per heavy atom. The van der Waals surface area contributed by atoms with Gasteiger partial charge in [-0.1, -0.05) is 0 Å². The molecule has 0 saturated heterocycles. The van der Waals surface area contributed by atoms with Gasteiger partial charge in [0.05, 0.1) is 23.6 Å². The van der Waals surface area contributed by atoms with Gasteiger partial charge in [-0.2, -0.15) is 0 Å². The summed E-state index contributed by atoms with van der Waals surface area (Å²) in [4.78, 5) is 28.9. The number of hydrogen-bond acceptors (Lipinski definition) is 6. The first-order chi connectivity index (χ1) is 11.5. The number of hydrogen-bond donors (Lipinski definition) is 1. The molecule has 124 valence electrons. The molecule has 0 bridgehead atoms. The Balaban J connectivity index is 2.18. The highest BCUT2D eigenvalue weighted by Gasteiger charge is 2.15. The number of carbonyl (C=O) groups excluding carboxylic acids is 1. The number of aryl methyl sites for hydroxylation is 1. The van der Waals surface area contributed by atoms with Gasteiger partial charge >= 0.3 is 5.97 Å². The van der Waals surface area contributed by atoms with Gasteiger partial charge in [0.15, 0.2) is 0 Å². The van der Waals surface area contributed by atoms with Crippen LogP contribution in [0.1, 0.15) is 12.5 Å². The molecule has 1 unspecified atom stereocenters. The van der Waals surface area contributed by atoms with Crippen molar-refractivity contribution < 1.29 is 13.9 Å². The Morgan fingerprint density at radius 1 is 1.50 bits per heavy atom. The minimum atomic E-state index is -0.698. The van der Waals surface area contributed by atoms with Crippen molar-refractivity contribution in [3.63, 3.8) is 0 Å². The standard InChI is InChI=1S/C17H17N3O4/c1-10-5-14-16(19-6-10)17(22)13(12-3-4-23-9-12)7-20(14)8-15(21)24-11(2)18/h3-7,9,11H,8,18H2,1-2H3. The molecule has 3 aromatic rings. The van der Waals surface area contributed by atoms with E-state index in [0.717, 1.165) is 5.56 Å². The van der Waals surface area contributed by atoms with Gasteiger partial charge in [0.2, 0.25) is 5.43 Å². The second-order valence-electron chi connectivity index (χ2n) is 5.59. The predicted molar refractivity (Wildman–Crippen MR) is 88.2 cm³/mol. The maximum Gasteiger partial charge on any atom is 0.327 e. The Labute approximate surface area is 137 Å². The summed E-state index contributed by atoms with van der Waals surface area (Å²) < 4.78 is 11.7. The van der Waals surface area contributed by atoms with Crippen LogP contribution in [0.3, 0.4) is 0 Å². The van der Waals surface area contributed by atoms with Gasteiger partial charge in [-0.05, 0) is 31.5 Å². The summed E-state index contributed by atoms with van der Waals surface area (Å²) >= 11 is 0. The van der Waals surface area contributed by atoms with Crippen molar-refractivity contribution in [3.05, 3.63) is 52.8 Å². The topological polar surface area (TPSA) is 100 Å². The van der Waals surface area contributed by atoms with Gasteiger partial charge in [-0.3, -0.25) is 20.3 Å². The van der Waals surface area contributed by atoms with E-state index in [0.29, 0.717) is 16.6 Å². The fraction of sp³-hybridized carbons (Fsp3) is 0.235. The summed E-state index contributed by atoms with van der Waals surface area (Å²) in [6, 6.07) is 3.49. The highest BCUT2D eigenvalue weighted by Crippen LogP contribution is 2.20. The number of pyridine rings is 2. The van der Waals surface area contributed by atoms with Crippen molar-refractivity contribution in [2.24, 2.45) is 5.73 Å². The van der Waals surface area contributed by atoms with Crippen LogP contribution in [0.2, 0.25) is 0 Å². The summed E-state index contributed by atoms with van der Waals surface area (Å²) in [7, 11) is 0. The number of aromatic nitrogens is 2. The van der Waals surface area contributed by atoms with Gasteiger partial charge < -0.3 is 13.7 Å². The molecule has 0 aliphatic rings. The van der Waals surface area contributed by atoms with E-state index in [9.17, 15) is 9.59 Å². The lowest BCUT2D eigenvalue weighted by Gasteiger charge is -2.14. The molecule has 7 nitrogen and oxygen atoms in total. The lowest BCUT2D eigenvalue weighted by molar-refractivity contribution is -0.148. The summed E-state index contributed by atoms with van der Waals surface area (Å²) in [6.07, 6.45) is 5.49. The lowest BCUT2D eigenvalue weighted by atomic mass is 10.1. The van der Waals surface area contributed by atoms with Gasteiger partial charge in [0.1, 0.15) is 18.3 Å². The van der Waals surface area contributed by atoms with Crippen LogP contribution in [0.25, 0.3) is 22.2 Å². The smallest absolute Gasteiger partial charge is 0.327 e. The molecule has 0 spiro atoms. The zero-order valence-electron chi connectivity index (χ0n) is 13.4. The van der Waals surface area contributed by atoms with Crippen LogP contribution in [0.15, 0.2) is 46.3 Å². The van der Waals surface area contributed by atoms with Crippen LogP contribution in [-0.2, 0) is 16.1 Å². The molecule has 0 aliphatic heterocycles. The molecule has 3 aromatic heterocycles. The quantitative estimate of drug-likeness (QED) is 0.579. The molecule has 0 saturated carbocycles. The monoisotopic (exact) mass is 327 g/mol. The number of furan rings is 1. The molecule has 7 heteroatoms. The van der Waals surface area contributed by atoms with E-state index in [4.69, 9.17) is 14.9 Å². The van der Waals surface area contributed by atoms with Crippen LogP contribution >= 0.6 is 0 Å². The van der Waals surface area contributed by atoms with Crippen molar-refractivity contribution in [1.29, 1.82) is 0 Å². The van der Waals surface area contributed by atoms with Crippen LogP contribution < -0.4 is 11.2 Å². The molecular weight excluding hydrogens is 310 g/mol. The van der Waals surface area contributed by atoms with E-state index in [1.54, 1.807) is 30.0 Å². The van der Waals surface area contributed by atoms with E-state index >= 15 is 0 Å². The fourth-order valence-corrected chi connectivity index (χ4v) is 2.50. The van der Waals surface area contributed by atoms with E-state index in [1.165, 1.54) is 12.5 Å². The van der Waals surface area contributed by atoms with Gasteiger partial charge in [0.25, 0.3) is 0 Å². The van der Waals surface area contributed by atoms with Crippen LogP contribution in [0.4, 0.5) is 0 Å². The average molecular weight is 327 g/mol. The Bertz CT molecular complexity index is 942. The highest BCUT2D eigenvalue weighted by molar-refractivity contribution is 5.82. The summed E-state index contributed by atoms with van der Waals surface area (Å²) in [5.74, 6) is -0.491. The summed E-state index contributed by atoms with van der Waals surface area (Å²) in [6.45, 7) is 3.36. The molecule has 3 rings (SSSR count). The van der Waals surface area contributed by atoms with Gasteiger partial charge in [0, 0.05) is 18.0 Å². The van der Waals surface area contributed by atoms with Crippen molar-refractivity contribution >= 4 is 17.0 Å². The zero-order chi connectivity index (χ0) is 17.3. The second kappa shape index (κ2) is 6.29. The molecule has 0 amide bonds. The second-order valence-corrected chi connectivity index (χ2v) is 5.59. The minimum absolute atomic E-state index is 0.0751. The minimum Gasteiger partial charge on any atom is -0.472 e. The number of rotatable bonds is 4. The maximum atomic E-state index is 12.7. The first-order valence-electron chi connectivity index (χ1n) is 7.43. The third-order valence-electron chi connectivity index (χ3n) is 3.51. The Hall–Kier alpha value is -2.93. The van der Waals surface area contributed by atoms with E-state index in [1.807, 2.05) is 13.0 Å². The molecule has 1 atom stereocenters. The number of nitrogens with zero attached hydrogens (tertiary/aromatic N) is 2. The normalized spacial score (nSPS) is 12.3. The van der Waals surface area contributed by atoms with E-state index < -0.39 is 12.2 Å². The fourth-order valence-electron chi connectivity index (χ4n) is 2.50. The molecule has 0 radical (unpaired) electrons. The van der Waals surface area contributed by atoms with E-state index in [2.05, 4.69) is 4.98 Å². The van der Waals surface area contributed by atoms with Crippen LogP contribution in [0, 0.1) is 6.92 Å². The number of carbonyl (C=O) groups is 1. The molecule has 3 heterocycles. The number of ether oxygens (including phenoxy) is 1. The van der Waals surface area contributed by atoms with Crippen LogP contribution in [-0.4, -0.2) is 21.7 Å². The number of nitrogens with two attached hydrogens (primary N) is 1. The highest BCUT2D eigenvalue weighted by atomic mass is 16.6. The summed E-state index contributed by atoms with van der Waals surface area (Å²) in [5, 5.41) is 0. The molecular formula is C17H17N3O4. The SMILES string of the molecule is Cc1cnc2c(=O)c(-c3ccoc3)cn(CC(=O)OC(C)N)c2c1. The predicted octanol–water partition coefficient (Wildman–Crippen LogP) is 1.81. The summed E-state index contributed by atoms with van der Waals surface area (Å²) in [5.41, 5.74) is 8.03. The van der Waals surface area contributed by atoms with Gasteiger partial charge in [-0.15, -0.1) is 0 Å². The first kappa shape index (κ1) is 15.9. The Morgan fingerprint density at radius 3 is 2.96 bits per heavy atom. The largest absolute Gasteiger partial charge is 0.472 e. The van der Waals surface area contributed by atoms with Crippen molar-refractivity contribution in [2.45, 2.75) is 26.6 Å².